The number of hydrogen-bond donors (Lipinski definition) is 1. The number of aromatic nitrogens is 3. The van der Waals surface area contributed by atoms with Gasteiger partial charge in [0, 0.05) is 24.0 Å². The lowest BCUT2D eigenvalue weighted by molar-refractivity contribution is -0.127. The third-order valence-electron chi connectivity index (χ3n) is 6.12. The van der Waals surface area contributed by atoms with Crippen molar-refractivity contribution in [3.05, 3.63) is 53.1 Å². The van der Waals surface area contributed by atoms with Gasteiger partial charge in [-0.15, -0.1) is 5.10 Å². The van der Waals surface area contributed by atoms with E-state index in [1.165, 1.54) is 12.1 Å². The van der Waals surface area contributed by atoms with Crippen LogP contribution < -0.4 is 10.2 Å². The van der Waals surface area contributed by atoms with Crippen LogP contribution in [0.2, 0.25) is 0 Å². The van der Waals surface area contributed by atoms with Gasteiger partial charge in [0.05, 0.1) is 53.3 Å². The molecule has 2 fully saturated rings. The molecule has 2 aliphatic rings. The predicted octanol–water partition coefficient (Wildman–Crippen LogP) is 4.42. The molecule has 31 heavy (non-hydrogen) atoms. The predicted molar refractivity (Wildman–Crippen MR) is 111 cm³/mol. The van der Waals surface area contributed by atoms with Gasteiger partial charge in [0.2, 0.25) is 0 Å². The van der Waals surface area contributed by atoms with Gasteiger partial charge >= 0.3 is 0 Å². The molecule has 2 aliphatic heterocycles. The zero-order valence-electron chi connectivity index (χ0n) is 17.2. The van der Waals surface area contributed by atoms with Crippen LogP contribution >= 0.6 is 0 Å². The highest BCUT2D eigenvalue weighted by atomic mass is 19.3. The van der Waals surface area contributed by atoms with Gasteiger partial charge in [-0.1, -0.05) is 18.2 Å². The second kappa shape index (κ2) is 7.33. The lowest BCUT2D eigenvalue weighted by Gasteiger charge is -2.55. The highest BCUT2D eigenvalue weighted by Gasteiger charge is 2.49. The smallest absolute Gasteiger partial charge is 0.266 e. The number of aryl methyl sites for hydroxylation is 1. The van der Waals surface area contributed by atoms with E-state index in [2.05, 4.69) is 25.4 Å². The van der Waals surface area contributed by atoms with Crippen LogP contribution in [0.5, 0.6) is 0 Å². The minimum absolute atomic E-state index is 0.145. The Kier molecular flexibility index (Phi) is 4.73. The summed E-state index contributed by atoms with van der Waals surface area (Å²) in [7, 11) is 0. The number of nitrogens with one attached hydrogen (secondary N) is 1. The molecule has 0 amide bonds. The summed E-state index contributed by atoms with van der Waals surface area (Å²) in [6.45, 7) is 6.95. The molecule has 9 heteroatoms. The fourth-order valence-corrected chi connectivity index (χ4v) is 4.30. The van der Waals surface area contributed by atoms with Crippen molar-refractivity contribution in [2.75, 3.05) is 36.5 Å². The number of anilines is 2. The van der Waals surface area contributed by atoms with Gasteiger partial charge in [-0.2, -0.15) is 5.10 Å². The molecule has 0 aliphatic carbocycles. The van der Waals surface area contributed by atoms with E-state index in [0.29, 0.717) is 17.0 Å². The lowest BCUT2D eigenvalue weighted by Crippen LogP contribution is -2.66. The molecular formula is C22H22F3N5O. The zero-order valence-corrected chi connectivity index (χ0v) is 17.2. The van der Waals surface area contributed by atoms with E-state index in [0.717, 1.165) is 43.4 Å². The van der Waals surface area contributed by atoms with Crippen LogP contribution in [0.3, 0.4) is 0 Å². The number of pyridine rings is 1. The van der Waals surface area contributed by atoms with Gasteiger partial charge in [-0.05, 0) is 19.9 Å². The molecule has 1 spiro atoms. The number of hydrogen-bond acceptors (Lipinski definition) is 6. The number of rotatable bonds is 5. The van der Waals surface area contributed by atoms with Crippen molar-refractivity contribution in [2.24, 2.45) is 5.41 Å². The summed E-state index contributed by atoms with van der Waals surface area (Å²) in [6, 6.07) is 5.42. The number of fused-ring (bicyclic) bond motifs is 1. The molecule has 5 rings (SSSR count). The summed E-state index contributed by atoms with van der Waals surface area (Å²) in [6.07, 6.45) is -1.05. The van der Waals surface area contributed by atoms with Gasteiger partial charge < -0.3 is 15.0 Å². The first-order valence-corrected chi connectivity index (χ1v) is 10.2. The number of alkyl halides is 2. The Labute approximate surface area is 177 Å². The minimum Gasteiger partial charge on any atom is -0.380 e. The Morgan fingerprint density at radius 3 is 2.58 bits per heavy atom. The van der Waals surface area contributed by atoms with E-state index in [1.54, 1.807) is 6.92 Å². The van der Waals surface area contributed by atoms with Crippen molar-refractivity contribution in [3.8, 4) is 0 Å². The van der Waals surface area contributed by atoms with E-state index in [-0.39, 0.29) is 11.0 Å². The summed E-state index contributed by atoms with van der Waals surface area (Å²) in [5.74, 6) is -0.471. The third-order valence-corrected chi connectivity index (χ3v) is 6.12. The molecule has 1 atom stereocenters. The fourth-order valence-electron chi connectivity index (χ4n) is 4.30. The molecule has 0 bridgehead atoms. The number of ether oxygens (including phenoxy) is 1. The fraction of sp³-hybridized carbons (Fsp3) is 0.409. The standard InChI is InChI=1S/C22H22F3N5O/c1-12(15-4-3-5-16(18(15)23)20(24)25)27-21-17-6-14(7-26-19(17)13(2)28-29-21)30-8-22(9-30)10-31-11-22/h3-7,12,20H,8-11H2,1-2H3,(H,27,29). The van der Waals surface area contributed by atoms with Crippen LogP contribution in [0.25, 0.3) is 10.9 Å². The van der Waals surface area contributed by atoms with Crippen molar-refractivity contribution in [1.29, 1.82) is 0 Å². The number of halogens is 3. The molecule has 2 saturated heterocycles. The van der Waals surface area contributed by atoms with Crippen LogP contribution in [0.15, 0.2) is 30.5 Å². The molecule has 1 aromatic carbocycles. The molecule has 6 nitrogen and oxygen atoms in total. The Morgan fingerprint density at radius 1 is 1.16 bits per heavy atom. The third kappa shape index (κ3) is 3.37. The maximum atomic E-state index is 14.6. The summed E-state index contributed by atoms with van der Waals surface area (Å²) in [5.41, 5.74) is 2.15. The van der Waals surface area contributed by atoms with Gasteiger partial charge in [0.1, 0.15) is 5.82 Å². The quantitative estimate of drug-likeness (QED) is 0.648. The molecule has 1 N–H and O–H groups in total. The van der Waals surface area contributed by atoms with Crippen molar-refractivity contribution >= 4 is 22.4 Å². The van der Waals surface area contributed by atoms with Crippen LogP contribution in [0.4, 0.5) is 24.7 Å². The van der Waals surface area contributed by atoms with Crippen LogP contribution in [-0.2, 0) is 4.74 Å². The van der Waals surface area contributed by atoms with Gasteiger partial charge in [0.15, 0.2) is 5.82 Å². The largest absolute Gasteiger partial charge is 0.380 e. The average molecular weight is 429 g/mol. The second-order valence-electron chi connectivity index (χ2n) is 8.49. The zero-order chi connectivity index (χ0) is 21.8. The van der Waals surface area contributed by atoms with Gasteiger partial charge in [0.25, 0.3) is 6.43 Å². The molecule has 2 aromatic heterocycles. The average Bonchev–Trinajstić information content (AvgIpc) is 2.68. The topological polar surface area (TPSA) is 63.2 Å². The van der Waals surface area contributed by atoms with Crippen LogP contribution in [0.1, 0.15) is 36.2 Å². The first kappa shape index (κ1) is 20.0. The molecule has 1 unspecified atom stereocenters. The number of benzene rings is 1. The maximum absolute atomic E-state index is 14.6. The van der Waals surface area contributed by atoms with Crippen LogP contribution in [0, 0.1) is 18.2 Å². The summed E-state index contributed by atoms with van der Waals surface area (Å²) in [5, 5.41) is 12.3. The Hall–Kier alpha value is -2.94. The Morgan fingerprint density at radius 2 is 1.90 bits per heavy atom. The number of nitrogens with zero attached hydrogens (tertiary/aromatic N) is 4. The van der Waals surface area contributed by atoms with E-state index in [1.807, 2.05) is 19.2 Å². The monoisotopic (exact) mass is 429 g/mol. The summed E-state index contributed by atoms with van der Waals surface area (Å²) >= 11 is 0. The van der Waals surface area contributed by atoms with E-state index >= 15 is 0 Å². The molecule has 3 aromatic rings. The maximum Gasteiger partial charge on any atom is 0.266 e. The lowest BCUT2D eigenvalue weighted by atomic mass is 9.78. The SMILES string of the molecule is Cc1nnc(NC(C)c2cccc(C(F)F)c2F)c2cc(N3CC4(COC4)C3)cnc12. The van der Waals surface area contributed by atoms with Crippen molar-refractivity contribution in [2.45, 2.75) is 26.3 Å². The van der Waals surface area contributed by atoms with Crippen molar-refractivity contribution in [3.63, 3.8) is 0 Å². The molecule has 162 valence electrons. The van der Waals surface area contributed by atoms with E-state index in [9.17, 15) is 13.2 Å². The van der Waals surface area contributed by atoms with Crippen molar-refractivity contribution in [1.82, 2.24) is 15.2 Å². The minimum atomic E-state index is -2.88. The second-order valence-corrected chi connectivity index (χ2v) is 8.49. The van der Waals surface area contributed by atoms with E-state index < -0.39 is 23.8 Å². The molecule has 4 heterocycles. The molecule has 0 radical (unpaired) electrons. The van der Waals surface area contributed by atoms with Gasteiger partial charge in [-0.3, -0.25) is 4.98 Å². The first-order valence-electron chi connectivity index (χ1n) is 10.2. The summed E-state index contributed by atoms with van der Waals surface area (Å²) in [4.78, 5) is 6.82. The molecule has 0 saturated carbocycles. The van der Waals surface area contributed by atoms with Crippen LogP contribution in [-0.4, -0.2) is 41.5 Å². The van der Waals surface area contributed by atoms with Crippen molar-refractivity contribution < 1.29 is 17.9 Å². The van der Waals surface area contributed by atoms with Gasteiger partial charge in [-0.25, -0.2) is 13.2 Å². The van der Waals surface area contributed by atoms with E-state index in [4.69, 9.17) is 4.74 Å². The Bertz CT molecular complexity index is 1140. The normalized spacial score (nSPS) is 18.2. The summed E-state index contributed by atoms with van der Waals surface area (Å²) < 4.78 is 46.1. The highest BCUT2D eigenvalue weighted by molar-refractivity contribution is 5.92. The molecular weight excluding hydrogens is 407 g/mol. The first-order chi connectivity index (χ1) is 14.9. The highest BCUT2D eigenvalue weighted by Crippen LogP contribution is 2.41. The Balaban J connectivity index is 1.46.